The Labute approximate surface area is 91.5 Å². The molecule has 15 heavy (non-hydrogen) atoms. The number of carbonyl (C=O) groups excluding carboxylic acids is 1. The highest BCUT2D eigenvalue weighted by molar-refractivity contribution is 5.62. The largest absolute Gasteiger partial charge is 0.303 e. The molecule has 1 heteroatoms. The van der Waals surface area contributed by atoms with E-state index in [2.05, 4.69) is 32.0 Å². The van der Waals surface area contributed by atoms with Crippen LogP contribution in [0.25, 0.3) is 0 Å². The second kappa shape index (κ2) is 3.48. The zero-order valence-corrected chi connectivity index (χ0v) is 9.71. The van der Waals surface area contributed by atoms with E-state index in [0.717, 1.165) is 11.8 Å². The fraction of sp³-hybridized carbons (Fsp3) is 0.500. The van der Waals surface area contributed by atoms with Crippen molar-refractivity contribution in [3.8, 4) is 0 Å². The molecule has 1 atom stereocenters. The van der Waals surface area contributed by atoms with E-state index in [-0.39, 0.29) is 11.3 Å². The Morgan fingerprint density at radius 2 is 2.13 bits per heavy atom. The molecule has 1 aliphatic rings. The first-order chi connectivity index (χ1) is 7.04. The Morgan fingerprint density at radius 3 is 2.80 bits per heavy atom. The third-order valence-electron chi connectivity index (χ3n) is 3.61. The zero-order valence-electron chi connectivity index (χ0n) is 9.71. The molecule has 0 radical (unpaired) electrons. The Morgan fingerprint density at radius 1 is 1.40 bits per heavy atom. The third-order valence-corrected chi connectivity index (χ3v) is 3.61. The van der Waals surface area contributed by atoms with Gasteiger partial charge in [-0.05, 0) is 34.9 Å². The summed E-state index contributed by atoms with van der Waals surface area (Å²) in [5, 5.41) is 0. The molecule has 80 valence electrons. The van der Waals surface area contributed by atoms with Crippen molar-refractivity contribution in [3.05, 3.63) is 34.9 Å². The maximum Gasteiger partial charge on any atom is 0.127 e. The van der Waals surface area contributed by atoms with Crippen molar-refractivity contribution in [2.45, 2.75) is 44.9 Å². The van der Waals surface area contributed by atoms with Gasteiger partial charge >= 0.3 is 0 Å². The van der Waals surface area contributed by atoms with Gasteiger partial charge in [0.15, 0.2) is 0 Å². The van der Waals surface area contributed by atoms with Gasteiger partial charge in [-0.2, -0.15) is 0 Å². The Balaban J connectivity index is 2.46. The molecule has 0 saturated heterocycles. The highest BCUT2D eigenvalue weighted by Crippen LogP contribution is 2.39. The minimum Gasteiger partial charge on any atom is -0.303 e. The van der Waals surface area contributed by atoms with Crippen LogP contribution < -0.4 is 0 Å². The molecule has 0 saturated carbocycles. The normalized spacial score (nSPS) is 19.7. The summed E-state index contributed by atoms with van der Waals surface area (Å²) in [6, 6.07) is 6.51. The SMILES string of the molecule is CC(C=O)c1ccc2c(c1)C(C)(C)CC2. The number of carbonyl (C=O) groups is 1. The molecule has 0 bridgehead atoms. The smallest absolute Gasteiger partial charge is 0.127 e. The number of aryl methyl sites for hydroxylation is 1. The summed E-state index contributed by atoms with van der Waals surface area (Å²) in [7, 11) is 0. The summed E-state index contributed by atoms with van der Waals surface area (Å²) in [6.07, 6.45) is 3.42. The maximum absolute atomic E-state index is 10.8. The van der Waals surface area contributed by atoms with E-state index in [1.165, 1.54) is 24.0 Å². The van der Waals surface area contributed by atoms with Gasteiger partial charge in [0.1, 0.15) is 6.29 Å². The Bertz CT molecular complexity index is 390. The van der Waals surface area contributed by atoms with Gasteiger partial charge in [0.05, 0.1) is 0 Å². The van der Waals surface area contributed by atoms with Crippen LogP contribution in [-0.4, -0.2) is 6.29 Å². The van der Waals surface area contributed by atoms with Crippen LogP contribution in [0.2, 0.25) is 0 Å². The average molecular weight is 202 g/mol. The lowest BCUT2D eigenvalue weighted by atomic mass is 9.85. The first kappa shape index (κ1) is 10.4. The molecule has 0 fully saturated rings. The highest BCUT2D eigenvalue weighted by Gasteiger charge is 2.29. The van der Waals surface area contributed by atoms with Gasteiger partial charge in [-0.1, -0.05) is 39.0 Å². The van der Waals surface area contributed by atoms with E-state index in [9.17, 15) is 4.79 Å². The van der Waals surface area contributed by atoms with Crippen LogP contribution in [0.5, 0.6) is 0 Å². The van der Waals surface area contributed by atoms with Crippen molar-refractivity contribution in [3.63, 3.8) is 0 Å². The molecule has 0 aliphatic heterocycles. The van der Waals surface area contributed by atoms with Gasteiger partial charge in [0.25, 0.3) is 0 Å². The van der Waals surface area contributed by atoms with E-state index < -0.39 is 0 Å². The topological polar surface area (TPSA) is 17.1 Å². The van der Waals surface area contributed by atoms with E-state index in [4.69, 9.17) is 0 Å². The summed E-state index contributed by atoms with van der Waals surface area (Å²) in [6.45, 7) is 6.53. The van der Waals surface area contributed by atoms with E-state index in [1.54, 1.807) is 0 Å². The van der Waals surface area contributed by atoms with Crippen molar-refractivity contribution in [2.24, 2.45) is 0 Å². The predicted octanol–water partition coefficient (Wildman–Crippen LogP) is 3.21. The third kappa shape index (κ3) is 1.71. The van der Waals surface area contributed by atoms with Gasteiger partial charge in [-0.3, -0.25) is 0 Å². The zero-order chi connectivity index (χ0) is 11.1. The molecule has 1 unspecified atom stereocenters. The lowest BCUT2D eigenvalue weighted by molar-refractivity contribution is -0.108. The number of fused-ring (bicyclic) bond motifs is 1. The number of aldehydes is 1. The molecule has 0 amide bonds. The van der Waals surface area contributed by atoms with Crippen LogP contribution in [0.4, 0.5) is 0 Å². The van der Waals surface area contributed by atoms with Crippen LogP contribution in [0, 0.1) is 0 Å². The van der Waals surface area contributed by atoms with Gasteiger partial charge in [0.2, 0.25) is 0 Å². The molecular weight excluding hydrogens is 184 g/mol. The highest BCUT2D eigenvalue weighted by atomic mass is 16.1. The van der Waals surface area contributed by atoms with Crippen LogP contribution in [0.15, 0.2) is 18.2 Å². The minimum atomic E-state index is 0.0201. The number of hydrogen-bond acceptors (Lipinski definition) is 1. The average Bonchev–Trinajstić information content (AvgIpc) is 2.53. The van der Waals surface area contributed by atoms with Crippen LogP contribution in [-0.2, 0) is 16.6 Å². The van der Waals surface area contributed by atoms with E-state index in [0.29, 0.717) is 0 Å². The molecule has 0 N–H and O–H groups in total. The van der Waals surface area contributed by atoms with Gasteiger partial charge < -0.3 is 4.79 Å². The summed E-state index contributed by atoms with van der Waals surface area (Å²) in [5.74, 6) is 0.0201. The molecule has 0 aromatic heterocycles. The molecule has 2 rings (SSSR count). The summed E-state index contributed by atoms with van der Waals surface area (Å²) in [5.41, 5.74) is 4.34. The monoisotopic (exact) mass is 202 g/mol. The minimum absolute atomic E-state index is 0.0201. The van der Waals surface area contributed by atoms with Crippen molar-refractivity contribution in [1.29, 1.82) is 0 Å². The van der Waals surface area contributed by atoms with Crippen molar-refractivity contribution >= 4 is 6.29 Å². The Hall–Kier alpha value is -1.11. The summed E-state index contributed by atoms with van der Waals surface area (Å²) in [4.78, 5) is 10.8. The second-order valence-electron chi connectivity index (χ2n) is 5.23. The number of hydrogen-bond donors (Lipinski definition) is 0. The molecule has 1 nitrogen and oxygen atoms in total. The second-order valence-corrected chi connectivity index (χ2v) is 5.23. The first-order valence-corrected chi connectivity index (χ1v) is 5.63. The van der Waals surface area contributed by atoms with Crippen molar-refractivity contribution in [2.75, 3.05) is 0 Å². The molecule has 1 aromatic carbocycles. The van der Waals surface area contributed by atoms with E-state index >= 15 is 0 Å². The summed E-state index contributed by atoms with van der Waals surface area (Å²) < 4.78 is 0. The number of rotatable bonds is 2. The fourth-order valence-electron chi connectivity index (χ4n) is 2.39. The lowest BCUT2D eigenvalue weighted by Gasteiger charge is -2.20. The molecule has 1 aliphatic carbocycles. The van der Waals surface area contributed by atoms with Crippen molar-refractivity contribution < 1.29 is 4.79 Å². The fourth-order valence-corrected chi connectivity index (χ4v) is 2.39. The lowest BCUT2D eigenvalue weighted by Crippen LogP contribution is -2.12. The van der Waals surface area contributed by atoms with Gasteiger partial charge in [-0.15, -0.1) is 0 Å². The van der Waals surface area contributed by atoms with E-state index in [1.807, 2.05) is 6.92 Å². The molecule has 1 aromatic rings. The van der Waals surface area contributed by atoms with Crippen molar-refractivity contribution in [1.82, 2.24) is 0 Å². The van der Waals surface area contributed by atoms with Crippen LogP contribution in [0.3, 0.4) is 0 Å². The molecule has 0 heterocycles. The van der Waals surface area contributed by atoms with Gasteiger partial charge in [-0.25, -0.2) is 0 Å². The number of benzene rings is 1. The predicted molar refractivity (Wildman–Crippen MR) is 62.3 cm³/mol. The molecule has 0 spiro atoms. The quantitative estimate of drug-likeness (QED) is 0.673. The van der Waals surface area contributed by atoms with Crippen LogP contribution >= 0.6 is 0 Å². The molecular formula is C14H18O. The first-order valence-electron chi connectivity index (χ1n) is 5.63. The van der Waals surface area contributed by atoms with Gasteiger partial charge in [0, 0.05) is 5.92 Å². The maximum atomic E-state index is 10.8. The summed E-state index contributed by atoms with van der Waals surface area (Å²) >= 11 is 0. The van der Waals surface area contributed by atoms with Crippen LogP contribution in [0.1, 0.15) is 49.8 Å². The Kier molecular flexibility index (Phi) is 2.41. The standard InChI is InChI=1S/C14H18O/c1-10(9-15)12-5-4-11-6-7-14(2,3)13(11)8-12/h4-5,8-10H,6-7H2,1-3H3.